The quantitative estimate of drug-likeness (QED) is 0.697. The molecule has 0 aliphatic carbocycles. The van der Waals surface area contributed by atoms with Gasteiger partial charge >= 0.3 is 6.03 Å². The summed E-state index contributed by atoms with van der Waals surface area (Å²) in [5.74, 6) is 0.785. The fourth-order valence-corrected chi connectivity index (χ4v) is 4.31. The molecule has 3 amide bonds. The smallest absolute Gasteiger partial charge is 0.319 e. The molecule has 0 radical (unpaired) electrons. The van der Waals surface area contributed by atoms with Crippen LogP contribution in [0.25, 0.3) is 5.65 Å². The zero-order chi connectivity index (χ0) is 20.4. The van der Waals surface area contributed by atoms with Crippen molar-refractivity contribution in [1.29, 1.82) is 0 Å². The van der Waals surface area contributed by atoms with Crippen LogP contribution in [0.15, 0.2) is 35.8 Å². The van der Waals surface area contributed by atoms with Crippen molar-refractivity contribution in [3.05, 3.63) is 52.1 Å². The van der Waals surface area contributed by atoms with Crippen molar-refractivity contribution in [2.24, 2.45) is 0 Å². The van der Waals surface area contributed by atoms with Gasteiger partial charge in [0.25, 0.3) is 5.91 Å². The fraction of sp³-hybridized carbons (Fsp3) is 0.400. The summed E-state index contributed by atoms with van der Waals surface area (Å²) >= 11 is 1.69. The molecule has 1 aliphatic heterocycles. The molecule has 0 saturated carbocycles. The number of nitrogens with zero attached hydrogens (tertiary/aromatic N) is 5. The van der Waals surface area contributed by atoms with Crippen LogP contribution in [0.4, 0.5) is 4.79 Å². The van der Waals surface area contributed by atoms with Crippen LogP contribution in [-0.4, -0.2) is 70.1 Å². The molecule has 1 aliphatic rings. The Morgan fingerprint density at radius 3 is 2.90 bits per heavy atom. The van der Waals surface area contributed by atoms with Gasteiger partial charge in [0, 0.05) is 50.7 Å². The second-order valence-electron chi connectivity index (χ2n) is 7.40. The molecule has 0 bridgehead atoms. The Kier molecular flexibility index (Phi) is 5.48. The van der Waals surface area contributed by atoms with Gasteiger partial charge in [-0.2, -0.15) is 0 Å². The summed E-state index contributed by atoms with van der Waals surface area (Å²) in [6, 6.07) is 7.66. The first kappa shape index (κ1) is 19.4. The number of hydrogen-bond acceptors (Lipinski definition) is 5. The molecule has 0 unspecified atom stereocenters. The Bertz CT molecular complexity index is 1010. The predicted octanol–water partition coefficient (Wildman–Crippen LogP) is 2.23. The lowest BCUT2D eigenvalue weighted by atomic mass is 10.1. The Balaban J connectivity index is 1.46. The molecule has 152 valence electrons. The standard InChI is InChI=1S/C20H24N6O2S/c1-24(2)20(28)25-10-8-14(12-25)18-23-22-17-6-5-15(13-26(17)18)19(27)21-9-7-16-4-3-11-29-16/h3-6,11,13-14H,7-10,12H2,1-2H3,(H,21,27)/t14-/m1/s1. The lowest BCUT2D eigenvalue weighted by molar-refractivity contribution is 0.0953. The SMILES string of the molecule is CN(C)C(=O)N1CC[C@@H](c2nnc3ccc(C(=O)NCCc4cccs4)cn23)C1. The molecular formula is C20H24N6O2S. The van der Waals surface area contributed by atoms with Crippen molar-refractivity contribution in [2.45, 2.75) is 18.8 Å². The molecule has 4 rings (SSSR count). The summed E-state index contributed by atoms with van der Waals surface area (Å²) in [6.07, 6.45) is 3.44. The van der Waals surface area contributed by atoms with Gasteiger partial charge in [-0.05, 0) is 36.4 Å². The Morgan fingerprint density at radius 1 is 1.28 bits per heavy atom. The first-order chi connectivity index (χ1) is 14.0. The highest BCUT2D eigenvalue weighted by molar-refractivity contribution is 7.09. The van der Waals surface area contributed by atoms with Crippen LogP contribution in [0.3, 0.4) is 0 Å². The van der Waals surface area contributed by atoms with Crippen LogP contribution in [0, 0.1) is 0 Å². The first-order valence-electron chi connectivity index (χ1n) is 9.64. The molecule has 9 heteroatoms. The number of amides is 3. The number of thiophene rings is 1. The number of carbonyl (C=O) groups excluding carboxylic acids is 2. The lowest BCUT2D eigenvalue weighted by Gasteiger charge is -2.21. The molecule has 4 heterocycles. The van der Waals surface area contributed by atoms with E-state index >= 15 is 0 Å². The van der Waals surface area contributed by atoms with Crippen LogP contribution >= 0.6 is 11.3 Å². The third-order valence-electron chi connectivity index (χ3n) is 5.13. The van der Waals surface area contributed by atoms with Crippen molar-refractivity contribution in [2.75, 3.05) is 33.7 Å². The summed E-state index contributed by atoms with van der Waals surface area (Å²) in [6.45, 7) is 1.89. The highest BCUT2D eigenvalue weighted by atomic mass is 32.1. The molecule has 1 N–H and O–H groups in total. The molecule has 0 spiro atoms. The van der Waals surface area contributed by atoms with Crippen LogP contribution < -0.4 is 5.32 Å². The second kappa shape index (κ2) is 8.20. The minimum atomic E-state index is -0.112. The average molecular weight is 413 g/mol. The average Bonchev–Trinajstić information content (AvgIpc) is 3.46. The van der Waals surface area contributed by atoms with E-state index in [2.05, 4.69) is 21.6 Å². The fourth-order valence-electron chi connectivity index (χ4n) is 3.60. The molecular weight excluding hydrogens is 388 g/mol. The molecule has 3 aromatic rings. The summed E-state index contributed by atoms with van der Waals surface area (Å²) in [4.78, 5) is 29.4. The molecule has 1 fully saturated rings. The van der Waals surface area contributed by atoms with E-state index in [0.29, 0.717) is 30.8 Å². The minimum absolute atomic E-state index is 0.00660. The highest BCUT2D eigenvalue weighted by Crippen LogP contribution is 2.27. The third kappa shape index (κ3) is 4.09. The first-order valence-corrected chi connectivity index (χ1v) is 10.5. The van der Waals surface area contributed by atoms with E-state index in [9.17, 15) is 9.59 Å². The van der Waals surface area contributed by atoms with Gasteiger partial charge in [-0.15, -0.1) is 21.5 Å². The van der Waals surface area contributed by atoms with E-state index in [1.54, 1.807) is 42.6 Å². The van der Waals surface area contributed by atoms with Gasteiger partial charge in [0.15, 0.2) is 5.65 Å². The van der Waals surface area contributed by atoms with Crippen LogP contribution in [0.1, 0.15) is 33.4 Å². The van der Waals surface area contributed by atoms with E-state index in [1.807, 2.05) is 26.8 Å². The van der Waals surface area contributed by atoms with Crippen LogP contribution in [0.5, 0.6) is 0 Å². The highest BCUT2D eigenvalue weighted by Gasteiger charge is 2.31. The van der Waals surface area contributed by atoms with E-state index in [-0.39, 0.29) is 17.9 Å². The number of rotatable bonds is 5. The van der Waals surface area contributed by atoms with Crippen molar-refractivity contribution < 1.29 is 9.59 Å². The van der Waals surface area contributed by atoms with Gasteiger partial charge < -0.3 is 15.1 Å². The van der Waals surface area contributed by atoms with Crippen LogP contribution in [-0.2, 0) is 6.42 Å². The third-order valence-corrected chi connectivity index (χ3v) is 6.07. The van der Waals surface area contributed by atoms with Gasteiger partial charge in [-0.25, -0.2) is 4.79 Å². The number of carbonyl (C=O) groups is 2. The van der Waals surface area contributed by atoms with Crippen molar-refractivity contribution in [3.63, 3.8) is 0 Å². The molecule has 1 atom stereocenters. The normalized spacial score (nSPS) is 16.3. The molecule has 1 saturated heterocycles. The Labute approximate surface area is 173 Å². The second-order valence-corrected chi connectivity index (χ2v) is 8.43. The molecule has 8 nitrogen and oxygen atoms in total. The van der Waals surface area contributed by atoms with Crippen molar-refractivity contribution >= 4 is 28.9 Å². The minimum Gasteiger partial charge on any atom is -0.352 e. The largest absolute Gasteiger partial charge is 0.352 e. The predicted molar refractivity (Wildman–Crippen MR) is 111 cm³/mol. The van der Waals surface area contributed by atoms with Crippen LogP contribution in [0.2, 0.25) is 0 Å². The zero-order valence-corrected chi connectivity index (χ0v) is 17.4. The van der Waals surface area contributed by atoms with E-state index < -0.39 is 0 Å². The van der Waals surface area contributed by atoms with Gasteiger partial charge in [0.05, 0.1) is 5.56 Å². The number of aromatic nitrogens is 3. The maximum absolute atomic E-state index is 12.6. The zero-order valence-electron chi connectivity index (χ0n) is 16.5. The van der Waals surface area contributed by atoms with Gasteiger partial charge in [0.1, 0.15) is 5.82 Å². The number of urea groups is 1. The number of nitrogens with one attached hydrogen (secondary N) is 1. The summed E-state index contributed by atoms with van der Waals surface area (Å²) in [5.41, 5.74) is 1.27. The number of pyridine rings is 1. The molecule has 3 aromatic heterocycles. The van der Waals surface area contributed by atoms with Gasteiger partial charge in [0.2, 0.25) is 0 Å². The van der Waals surface area contributed by atoms with E-state index in [1.165, 1.54) is 4.88 Å². The maximum atomic E-state index is 12.6. The molecule has 29 heavy (non-hydrogen) atoms. The summed E-state index contributed by atoms with van der Waals surface area (Å²) in [5, 5.41) is 13.6. The number of hydrogen-bond donors (Lipinski definition) is 1. The topological polar surface area (TPSA) is 82.8 Å². The number of likely N-dealkylation sites (tertiary alicyclic amines) is 1. The van der Waals surface area contributed by atoms with E-state index in [0.717, 1.165) is 18.7 Å². The van der Waals surface area contributed by atoms with Gasteiger partial charge in [-0.1, -0.05) is 6.07 Å². The van der Waals surface area contributed by atoms with Crippen molar-refractivity contribution in [1.82, 2.24) is 29.7 Å². The number of fused-ring (bicyclic) bond motifs is 1. The summed E-state index contributed by atoms with van der Waals surface area (Å²) < 4.78 is 1.88. The Morgan fingerprint density at radius 2 is 2.14 bits per heavy atom. The Hall–Kier alpha value is -2.94. The summed E-state index contributed by atoms with van der Waals surface area (Å²) in [7, 11) is 3.51. The molecule has 0 aromatic carbocycles. The van der Waals surface area contributed by atoms with Gasteiger partial charge in [-0.3, -0.25) is 9.20 Å². The lowest BCUT2D eigenvalue weighted by Crippen LogP contribution is -2.37. The maximum Gasteiger partial charge on any atom is 0.319 e. The monoisotopic (exact) mass is 412 g/mol. The van der Waals surface area contributed by atoms with Crippen molar-refractivity contribution in [3.8, 4) is 0 Å². The van der Waals surface area contributed by atoms with E-state index in [4.69, 9.17) is 0 Å².